The average molecular weight is 315 g/mol. The summed E-state index contributed by atoms with van der Waals surface area (Å²) < 4.78 is 40.3. The van der Waals surface area contributed by atoms with Crippen LogP contribution >= 0.6 is 0 Å². The number of alkyl halides is 1. The van der Waals surface area contributed by atoms with Crippen molar-refractivity contribution in [2.24, 2.45) is 0 Å². The molecule has 2 rings (SSSR count). The molecule has 1 aliphatic heterocycles. The SMILES string of the molecule is CCC1CCCCN1S(=O)(=O)c1ccc(C(C)(O)F)cc1. The van der Waals surface area contributed by atoms with Gasteiger partial charge >= 0.3 is 0 Å². The van der Waals surface area contributed by atoms with Gasteiger partial charge in [-0.1, -0.05) is 25.5 Å². The highest BCUT2D eigenvalue weighted by molar-refractivity contribution is 7.89. The second-order valence-corrected chi connectivity index (χ2v) is 7.54. The third-order valence-electron chi connectivity index (χ3n) is 4.03. The number of aliphatic hydroxyl groups is 1. The van der Waals surface area contributed by atoms with Crippen molar-refractivity contribution in [3.05, 3.63) is 29.8 Å². The first-order valence-electron chi connectivity index (χ1n) is 7.30. The Bertz CT molecular complexity index is 578. The van der Waals surface area contributed by atoms with E-state index in [1.165, 1.54) is 24.3 Å². The molecule has 1 heterocycles. The first kappa shape index (κ1) is 16.4. The van der Waals surface area contributed by atoms with Crippen LogP contribution < -0.4 is 0 Å². The average Bonchev–Trinajstić information content (AvgIpc) is 2.46. The summed E-state index contributed by atoms with van der Waals surface area (Å²) in [6, 6.07) is 5.39. The second kappa shape index (κ2) is 6.02. The molecule has 1 saturated heterocycles. The number of nitrogens with zero attached hydrogens (tertiary/aromatic N) is 1. The summed E-state index contributed by atoms with van der Waals surface area (Å²) in [7, 11) is -3.56. The summed E-state index contributed by atoms with van der Waals surface area (Å²) in [6.07, 6.45) is 3.59. The second-order valence-electron chi connectivity index (χ2n) is 5.65. The lowest BCUT2D eigenvalue weighted by atomic mass is 10.0. The zero-order valence-electron chi connectivity index (χ0n) is 12.4. The van der Waals surface area contributed by atoms with E-state index in [0.717, 1.165) is 32.6 Å². The molecule has 1 aromatic rings. The van der Waals surface area contributed by atoms with Gasteiger partial charge in [0.25, 0.3) is 0 Å². The highest BCUT2D eigenvalue weighted by Crippen LogP contribution is 2.28. The van der Waals surface area contributed by atoms with E-state index >= 15 is 0 Å². The number of hydrogen-bond donors (Lipinski definition) is 1. The molecule has 0 spiro atoms. The highest BCUT2D eigenvalue weighted by Gasteiger charge is 2.32. The van der Waals surface area contributed by atoms with Gasteiger partial charge in [-0.3, -0.25) is 0 Å². The van der Waals surface area contributed by atoms with Gasteiger partial charge in [-0.05, 0) is 38.3 Å². The van der Waals surface area contributed by atoms with Gasteiger partial charge in [-0.25, -0.2) is 12.8 Å². The molecule has 1 fully saturated rings. The summed E-state index contributed by atoms with van der Waals surface area (Å²) in [5.74, 6) is -2.46. The first-order chi connectivity index (χ1) is 9.76. The number of benzene rings is 1. The molecule has 0 aliphatic carbocycles. The maximum Gasteiger partial charge on any atom is 0.243 e. The molecular formula is C15H22FNO3S. The van der Waals surface area contributed by atoms with Crippen molar-refractivity contribution in [2.75, 3.05) is 6.54 Å². The van der Waals surface area contributed by atoms with Gasteiger partial charge in [0.1, 0.15) is 0 Å². The maximum absolute atomic E-state index is 13.4. The van der Waals surface area contributed by atoms with Gasteiger partial charge in [0.15, 0.2) is 0 Å². The van der Waals surface area contributed by atoms with Crippen molar-refractivity contribution in [2.45, 2.75) is 56.3 Å². The smallest absolute Gasteiger partial charge is 0.243 e. The minimum atomic E-state index is -3.56. The van der Waals surface area contributed by atoms with Crippen molar-refractivity contribution in [3.8, 4) is 0 Å². The van der Waals surface area contributed by atoms with Crippen LogP contribution in [-0.4, -0.2) is 30.4 Å². The van der Waals surface area contributed by atoms with Crippen molar-refractivity contribution in [1.82, 2.24) is 4.31 Å². The molecule has 1 aliphatic rings. The third-order valence-corrected chi connectivity index (χ3v) is 6.00. The number of sulfonamides is 1. The number of hydrogen-bond acceptors (Lipinski definition) is 3. The summed E-state index contributed by atoms with van der Waals surface area (Å²) >= 11 is 0. The van der Waals surface area contributed by atoms with Crippen LogP contribution in [0, 0.1) is 0 Å². The standard InChI is InChI=1S/C15H22FNO3S/c1-3-13-6-4-5-11-17(13)21(19,20)14-9-7-12(8-10-14)15(2,16)18/h7-10,13,18H,3-6,11H2,1-2H3. The zero-order chi connectivity index (χ0) is 15.7. The highest BCUT2D eigenvalue weighted by atomic mass is 32.2. The van der Waals surface area contributed by atoms with Crippen LogP contribution in [-0.2, 0) is 15.9 Å². The molecule has 0 saturated carbocycles. The first-order valence-corrected chi connectivity index (χ1v) is 8.74. The Hall–Kier alpha value is -0.980. The van der Waals surface area contributed by atoms with E-state index in [9.17, 15) is 17.9 Å². The van der Waals surface area contributed by atoms with Crippen LogP contribution in [0.1, 0.15) is 45.1 Å². The Morgan fingerprint density at radius 2 is 1.95 bits per heavy atom. The maximum atomic E-state index is 13.4. The quantitative estimate of drug-likeness (QED) is 0.929. The van der Waals surface area contributed by atoms with Crippen molar-refractivity contribution in [1.29, 1.82) is 0 Å². The molecule has 0 aromatic heterocycles. The molecule has 4 nitrogen and oxygen atoms in total. The van der Waals surface area contributed by atoms with Crippen LogP contribution in [0.15, 0.2) is 29.2 Å². The molecule has 118 valence electrons. The van der Waals surface area contributed by atoms with Crippen LogP contribution in [0.3, 0.4) is 0 Å². The van der Waals surface area contributed by atoms with Crippen molar-refractivity contribution >= 4 is 10.0 Å². The lowest BCUT2D eigenvalue weighted by Crippen LogP contribution is -2.43. The molecule has 21 heavy (non-hydrogen) atoms. The van der Waals surface area contributed by atoms with E-state index in [-0.39, 0.29) is 16.5 Å². The summed E-state index contributed by atoms with van der Waals surface area (Å²) in [5.41, 5.74) is 0.0483. The van der Waals surface area contributed by atoms with Crippen LogP contribution in [0.2, 0.25) is 0 Å². The predicted octanol–water partition coefficient (Wildman–Crippen LogP) is 2.77. The fraction of sp³-hybridized carbons (Fsp3) is 0.600. The van der Waals surface area contributed by atoms with Gasteiger partial charge in [-0.2, -0.15) is 4.31 Å². The van der Waals surface area contributed by atoms with Gasteiger partial charge < -0.3 is 5.11 Å². The molecule has 0 bridgehead atoms. The van der Waals surface area contributed by atoms with Crippen LogP contribution in [0.25, 0.3) is 0 Å². The lowest BCUT2D eigenvalue weighted by Gasteiger charge is -2.34. The number of halogens is 1. The minimum Gasteiger partial charge on any atom is -0.358 e. The Balaban J connectivity index is 2.31. The van der Waals surface area contributed by atoms with E-state index in [0.29, 0.717) is 6.54 Å². The molecule has 2 unspecified atom stereocenters. The van der Waals surface area contributed by atoms with Gasteiger partial charge in [0, 0.05) is 18.2 Å². The lowest BCUT2D eigenvalue weighted by molar-refractivity contribution is -0.0769. The Kier molecular flexibility index (Phi) is 4.70. The van der Waals surface area contributed by atoms with E-state index in [1.807, 2.05) is 6.92 Å². The molecule has 6 heteroatoms. The molecule has 2 atom stereocenters. The normalized spacial score (nSPS) is 23.7. The molecule has 0 amide bonds. The van der Waals surface area contributed by atoms with E-state index in [1.54, 1.807) is 4.31 Å². The number of piperidine rings is 1. The summed E-state index contributed by atoms with van der Waals surface area (Å²) in [5, 5.41) is 9.28. The molecule has 0 radical (unpaired) electrons. The monoisotopic (exact) mass is 315 g/mol. The summed E-state index contributed by atoms with van der Waals surface area (Å²) in [6.45, 7) is 3.54. The fourth-order valence-electron chi connectivity index (χ4n) is 2.76. The van der Waals surface area contributed by atoms with Gasteiger partial charge in [0.2, 0.25) is 15.9 Å². The topological polar surface area (TPSA) is 57.6 Å². The Labute approximate surface area is 125 Å². The Morgan fingerprint density at radius 1 is 1.33 bits per heavy atom. The predicted molar refractivity (Wildman–Crippen MR) is 78.9 cm³/mol. The third kappa shape index (κ3) is 3.44. The largest absolute Gasteiger partial charge is 0.358 e. The van der Waals surface area contributed by atoms with E-state index in [2.05, 4.69) is 0 Å². The van der Waals surface area contributed by atoms with E-state index < -0.39 is 15.9 Å². The summed E-state index contributed by atoms with van der Waals surface area (Å²) in [4.78, 5) is 0.149. The number of rotatable bonds is 4. The van der Waals surface area contributed by atoms with Crippen molar-refractivity contribution in [3.63, 3.8) is 0 Å². The van der Waals surface area contributed by atoms with Gasteiger partial charge in [0.05, 0.1) is 4.90 Å². The minimum absolute atomic E-state index is 0.0349. The molecule has 1 aromatic carbocycles. The molecule has 1 N–H and O–H groups in total. The van der Waals surface area contributed by atoms with Crippen LogP contribution in [0.5, 0.6) is 0 Å². The Morgan fingerprint density at radius 3 is 2.48 bits per heavy atom. The van der Waals surface area contributed by atoms with Gasteiger partial charge in [-0.15, -0.1) is 0 Å². The van der Waals surface area contributed by atoms with E-state index in [4.69, 9.17) is 0 Å². The van der Waals surface area contributed by atoms with Crippen LogP contribution in [0.4, 0.5) is 4.39 Å². The van der Waals surface area contributed by atoms with Crippen molar-refractivity contribution < 1.29 is 17.9 Å². The zero-order valence-corrected chi connectivity index (χ0v) is 13.2. The fourth-order valence-corrected chi connectivity index (χ4v) is 4.53. The molecular weight excluding hydrogens is 293 g/mol.